The summed E-state index contributed by atoms with van der Waals surface area (Å²) in [5, 5.41) is 0. The number of ether oxygens (including phenoxy) is 1. The van der Waals surface area contributed by atoms with Crippen LogP contribution in [0.3, 0.4) is 0 Å². The first-order valence-corrected chi connectivity index (χ1v) is 7.05. The van der Waals surface area contributed by atoms with Crippen LogP contribution in [-0.2, 0) is 0 Å². The lowest BCUT2D eigenvalue weighted by Crippen LogP contribution is -2.03. The van der Waals surface area contributed by atoms with Gasteiger partial charge in [0.15, 0.2) is 5.78 Å². The predicted octanol–water partition coefficient (Wildman–Crippen LogP) is 4.03. The van der Waals surface area contributed by atoms with Gasteiger partial charge in [-0.25, -0.2) is 0 Å². The minimum atomic E-state index is -0.0739. The van der Waals surface area contributed by atoms with E-state index in [4.69, 9.17) is 10.5 Å². The summed E-state index contributed by atoms with van der Waals surface area (Å²) in [5.74, 6) is 0.614. The Hall–Kier alpha value is -1.33. The summed E-state index contributed by atoms with van der Waals surface area (Å²) in [6.45, 7) is 0. The smallest absolute Gasteiger partial charge is 0.194 e. The fraction of sp³-hybridized carbons (Fsp3) is 0.0714. The number of hydrogen-bond acceptors (Lipinski definition) is 3. The molecule has 2 N–H and O–H groups in total. The number of benzene rings is 2. The van der Waals surface area contributed by atoms with Crippen LogP contribution in [0.25, 0.3) is 0 Å². The normalized spacial score (nSPS) is 10.3. The first-order valence-electron chi connectivity index (χ1n) is 5.46. The molecular formula is C14H11Br2NO2. The molecule has 0 spiro atoms. The van der Waals surface area contributed by atoms with E-state index >= 15 is 0 Å². The fourth-order valence-electron chi connectivity index (χ4n) is 1.68. The number of carbonyl (C=O) groups is 1. The average molecular weight is 385 g/mol. The molecule has 98 valence electrons. The fourth-order valence-corrected chi connectivity index (χ4v) is 2.80. The van der Waals surface area contributed by atoms with Crippen LogP contribution < -0.4 is 10.5 Å². The maximum atomic E-state index is 12.4. The van der Waals surface area contributed by atoms with Gasteiger partial charge in [0.05, 0.1) is 11.6 Å². The maximum absolute atomic E-state index is 12.4. The Kier molecular flexibility index (Phi) is 4.27. The van der Waals surface area contributed by atoms with E-state index in [2.05, 4.69) is 31.9 Å². The van der Waals surface area contributed by atoms with E-state index in [0.29, 0.717) is 27.0 Å². The van der Waals surface area contributed by atoms with Gasteiger partial charge in [-0.3, -0.25) is 4.79 Å². The molecular weight excluding hydrogens is 374 g/mol. The molecule has 5 heteroatoms. The summed E-state index contributed by atoms with van der Waals surface area (Å²) in [6, 6.07) is 10.4. The SMILES string of the molecule is COc1ccc(C(=O)c2ccc(N)cc2Br)cc1Br. The highest BCUT2D eigenvalue weighted by molar-refractivity contribution is 9.10. The van der Waals surface area contributed by atoms with Gasteiger partial charge >= 0.3 is 0 Å². The molecule has 0 fully saturated rings. The molecule has 0 aliphatic rings. The first-order chi connectivity index (χ1) is 9.02. The van der Waals surface area contributed by atoms with Gasteiger partial charge in [-0.1, -0.05) is 0 Å². The molecule has 2 aromatic rings. The molecule has 2 rings (SSSR count). The van der Waals surface area contributed by atoms with Crippen molar-refractivity contribution in [3.63, 3.8) is 0 Å². The van der Waals surface area contributed by atoms with Crippen molar-refractivity contribution in [1.82, 2.24) is 0 Å². The molecule has 0 saturated heterocycles. The Labute approximate surface area is 128 Å². The third-order valence-corrected chi connectivity index (χ3v) is 3.93. The minimum Gasteiger partial charge on any atom is -0.496 e. The second-order valence-corrected chi connectivity index (χ2v) is 5.63. The quantitative estimate of drug-likeness (QED) is 0.641. The number of anilines is 1. The van der Waals surface area contributed by atoms with Crippen LogP contribution in [0.4, 0.5) is 5.69 Å². The lowest BCUT2D eigenvalue weighted by Gasteiger charge is -2.07. The molecule has 0 heterocycles. The van der Waals surface area contributed by atoms with Crippen molar-refractivity contribution in [1.29, 1.82) is 0 Å². The van der Waals surface area contributed by atoms with Crippen LogP contribution in [-0.4, -0.2) is 12.9 Å². The molecule has 3 nitrogen and oxygen atoms in total. The molecule has 0 aromatic heterocycles. The molecule has 0 aliphatic carbocycles. The van der Waals surface area contributed by atoms with Crippen molar-refractivity contribution < 1.29 is 9.53 Å². The van der Waals surface area contributed by atoms with Crippen LogP contribution in [0, 0.1) is 0 Å². The third kappa shape index (κ3) is 2.98. The van der Waals surface area contributed by atoms with E-state index in [0.717, 1.165) is 4.47 Å². The Morgan fingerprint density at radius 3 is 2.42 bits per heavy atom. The summed E-state index contributed by atoms with van der Waals surface area (Å²) in [4.78, 5) is 12.4. The van der Waals surface area contributed by atoms with Gasteiger partial charge in [-0.15, -0.1) is 0 Å². The number of methoxy groups -OCH3 is 1. The molecule has 0 atom stereocenters. The van der Waals surface area contributed by atoms with Crippen molar-refractivity contribution in [2.75, 3.05) is 12.8 Å². The first kappa shape index (κ1) is 14.1. The number of rotatable bonds is 3. The molecule has 0 bridgehead atoms. The molecule has 19 heavy (non-hydrogen) atoms. The number of nitrogens with two attached hydrogens (primary N) is 1. The van der Waals surface area contributed by atoms with Gasteiger partial charge < -0.3 is 10.5 Å². The highest BCUT2D eigenvalue weighted by Crippen LogP contribution is 2.28. The Morgan fingerprint density at radius 1 is 1.11 bits per heavy atom. The second-order valence-electron chi connectivity index (χ2n) is 3.92. The average Bonchev–Trinajstić information content (AvgIpc) is 2.38. The second kappa shape index (κ2) is 5.75. The van der Waals surface area contributed by atoms with Gasteiger partial charge in [-0.2, -0.15) is 0 Å². The van der Waals surface area contributed by atoms with E-state index < -0.39 is 0 Å². The summed E-state index contributed by atoms with van der Waals surface area (Å²) >= 11 is 6.72. The Balaban J connectivity index is 2.41. The van der Waals surface area contributed by atoms with E-state index in [1.165, 1.54) is 0 Å². The lowest BCUT2D eigenvalue weighted by molar-refractivity contribution is 0.103. The lowest BCUT2D eigenvalue weighted by atomic mass is 10.0. The zero-order valence-corrected chi connectivity index (χ0v) is 13.3. The molecule has 0 saturated carbocycles. The van der Waals surface area contributed by atoms with Gasteiger partial charge in [0.2, 0.25) is 0 Å². The zero-order valence-electron chi connectivity index (χ0n) is 10.1. The van der Waals surface area contributed by atoms with E-state index in [1.54, 1.807) is 43.5 Å². The van der Waals surface area contributed by atoms with Gasteiger partial charge in [-0.05, 0) is 68.3 Å². The Bertz CT molecular complexity index is 641. The number of nitrogen functional groups attached to an aromatic ring is 1. The van der Waals surface area contributed by atoms with E-state index in [-0.39, 0.29) is 5.78 Å². The van der Waals surface area contributed by atoms with Crippen LogP contribution in [0.2, 0.25) is 0 Å². The summed E-state index contributed by atoms with van der Waals surface area (Å²) in [6.07, 6.45) is 0. The molecule has 0 aliphatic heterocycles. The molecule has 2 aromatic carbocycles. The molecule has 0 radical (unpaired) electrons. The topological polar surface area (TPSA) is 52.3 Å². The van der Waals surface area contributed by atoms with Crippen molar-refractivity contribution in [2.45, 2.75) is 0 Å². The zero-order chi connectivity index (χ0) is 14.0. The van der Waals surface area contributed by atoms with Crippen LogP contribution in [0.5, 0.6) is 5.75 Å². The van der Waals surface area contributed by atoms with Crippen molar-refractivity contribution >= 4 is 43.3 Å². The monoisotopic (exact) mass is 383 g/mol. The largest absolute Gasteiger partial charge is 0.496 e. The van der Waals surface area contributed by atoms with Gasteiger partial charge in [0, 0.05) is 21.3 Å². The van der Waals surface area contributed by atoms with E-state index in [1.807, 2.05) is 0 Å². The number of carbonyl (C=O) groups excluding carboxylic acids is 1. The summed E-state index contributed by atoms with van der Waals surface area (Å²) < 4.78 is 6.57. The standard InChI is InChI=1S/C14H11Br2NO2/c1-19-13-5-2-8(6-12(13)16)14(18)10-4-3-9(17)7-11(10)15/h2-7H,17H2,1H3. The Morgan fingerprint density at radius 2 is 1.84 bits per heavy atom. The number of ketones is 1. The van der Waals surface area contributed by atoms with Gasteiger partial charge in [0.25, 0.3) is 0 Å². The highest BCUT2D eigenvalue weighted by Gasteiger charge is 2.14. The van der Waals surface area contributed by atoms with Crippen molar-refractivity contribution in [2.24, 2.45) is 0 Å². The number of halogens is 2. The third-order valence-electron chi connectivity index (χ3n) is 2.65. The predicted molar refractivity (Wildman–Crippen MR) is 82.7 cm³/mol. The minimum absolute atomic E-state index is 0.0739. The summed E-state index contributed by atoms with van der Waals surface area (Å²) in [7, 11) is 1.58. The highest BCUT2D eigenvalue weighted by atomic mass is 79.9. The molecule has 0 unspecified atom stereocenters. The maximum Gasteiger partial charge on any atom is 0.194 e. The number of hydrogen-bond donors (Lipinski definition) is 1. The van der Waals surface area contributed by atoms with Gasteiger partial charge in [0.1, 0.15) is 5.75 Å². The molecule has 0 amide bonds. The van der Waals surface area contributed by atoms with Crippen LogP contribution >= 0.6 is 31.9 Å². The van der Waals surface area contributed by atoms with E-state index in [9.17, 15) is 4.79 Å². The van der Waals surface area contributed by atoms with Crippen LogP contribution in [0.1, 0.15) is 15.9 Å². The summed E-state index contributed by atoms with van der Waals surface area (Å²) in [5.41, 5.74) is 7.43. The van der Waals surface area contributed by atoms with Crippen molar-refractivity contribution in [3.05, 3.63) is 56.5 Å². The van der Waals surface area contributed by atoms with Crippen LogP contribution in [0.15, 0.2) is 45.3 Å². The van der Waals surface area contributed by atoms with Crippen molar-refractivity contribution in [3.8, 4) is 5.75 Å².